The zero-order valence-corrected chi connectivity index (χ0v) is 16.0. The van der Waals surface area contributed by atoms with Crippen molar-refractivity contribution in [3.63, 3.8) is 0 Å². The van der Waals surface area contributed by atoms with Gasteiger partial charge in [-0.15, -0.1) is 11.3 Å². The van der Waals surface area contributed by atoms with Gasteiger partial charge in [-0.1, -0.05) is 54.2 Å². The molecule has 4 rings (SSSR count). The Kier molecular flexibility index (Phi) is 5.24. The molecule has 1 amide bonds. The van der Waals surface area contributed by atoms with Gasteiger partial charge in [-0.3, -0.25) is 4.79 Å². The number of nitrogens with zero attached hydrogens (tertiary/aromatic N) is 2. The molecule has 0 radical (unpaired) electrons. The number of nitrogens with two attached hydrogens (primary N) is 1. The van der Waals surface area contributed by atoms with Crippen LogP contribution in [0.2, 0.25) is 0 Å². The van der Waals surface area contributed by atoms with Crippen molar-refractivity contribution in [1.82, 2.24) is 9.88 Å². The number of aromatic nitrogens is 1. The molecule has 0 bridgehead atoms. The Morgan fingerprint density at radius 1 is 1.15 bits per heavy atom. The van der Waals surface area contributed by atoms with Crippen molar-refractivity contribution in [3.05, 3.63) is 60.2 Å². The summed E-state index contributed by atoms with van der Waals surface area (Å²) in [6.45, 7) is 2.11. The number of fused-ring (bicyclic) bond motifs is 1. The highest BCUT2D eigenvalue weighted by Gasteiger charge is 2.35. The minimum atomic E-state index is 0.172. The molecule has 1 aliphatic heterocycles. The molecule has 2 aromatic carbocycles. The first-order chi connectivity index (χ1) is 12.7. The van der Waals surface area contributed by atoms with E-state index in [0.29, 0.717) is 24.1 Å². The lowest BCUT2D eigenvalue weighted by atomic mass is 9.89. The van der Waals surface area contributed by atoms with Crippen molar-refractivity contribution in [3.8, 4) is 0 Å². The number of para-hydroxylation sites is 1. The van der Waals surface area contributed by atoms with Gasteiger partial charge in [0.1, 0.15) is 0 Å². The summed E-state index contributed by atoms with van der Waals surface area (Å²) in [5, 5.41) is 0. The molecule has 1 aromatic heterocycles. The van der Waals surface area contributed by atoms with Crippen molar-refractivity contribution >= 4 is 39.2 Å². The van der Waals surface area contributed by atoms with Gasteiger partial charge in [-0.25, -0.2) is 4.98 Å². The number of hydrogen-bond donors (Lipinski definition) is 1. The number of benzene rings is 2. The molecule has 0 aliphatic carbocycles. The Hall–Kier alpha value is -1.89. The van der Waals surface area contributed by atoms with Crippen molar-refractivity contribution in [2.24, 2.45) is 11.7 Å². The van der Waals surface area contributed by atoms with Crippen LogP contribution < -0.4 is 5.73 Å². The topological polar surface area (TPSA) is 59.2 Å². The average molecular weight is 384 g/mol. The van der Waals surface area contributed by atoms with Crippen LogP contribution in [-0.2, 0) is 4.79 Å². The van der Waals surface area contributed by atoms with Crippen LogP contribution in [-0.4, -0.2) is 41.2 Å². The predicted molar refractivity (Wildman–Crippen MR) is 109 cm³/mol. The largest absolute Gasteiger partial charge is 0.341 e. The first-order valence-electron chi connectivity index (χ1n) is 8.76. The highest BCUT2D eigenvalue weighted by atomic mass is 32.2. The Labute approximate surface area is 161 Å². The lowest BCUT2D eigenvalue weighted by Gasteiger charge is -2.16. The van der Waals surface area contributed by atoms with Crippen LogP contribution in [0.3, 0.4) is 0 Å². The van der Waals surface area contributed by atoms with E-state index in [9.17, 15) is 4.79 Å². The Balaban J connectivity index is 1.40. The van der Waals surface area contributed by atoms with Crippen molar-refractivity contribution in [1.29, 1.82) is 0 Å². The molecule has 26 heavy (non-hydrogen) atoms. The zero-order chi connectivity index (χ0) is 17.9. The number of amides is 1. The van der Waals surface area contributed by atoms with Crippen molar-refractivity contribution in [2.75, 3.05) is 25.4 Å². The summed E-state index contributed by atoms with van der Waals surface area (Å²) >= 11 is 3.18. The van der Waals surface area contributed by atoms with E-state index in [2.05, 4.69) is 35.3 Å². The molecule has 2 N–H and O–H groups in total. The molecule has 0 saturated carbocycles. The van der Waals surface area contributed by atoms with E-state index < -0.39 is 0 Å². The standard InChI is InChI=1S/C20H21N3OS2/c21-10-15-11-23(12-16(15)14-6-2-1-3-7-14)19(24)13-25-20-22-17-8-4-5-9-18(17)26-20/h1-9,15-16H,10-13,21H2/t15-,16+/m1/s1. The summed E-state index contributed by atoms with van der Waals surface area (Å²) in [4.78, 5) is 19.3. The van der Waals surface area contributed by atoms with Gasteiger partial charge in [0.2, 0.25) is 5.91 Å². The van der Waals surface area contributed by atoms with Crippen molar-refractivity contribution in [2.45, 2.75) is 10.3 Å². The highest BCUT2D eigenvalue weighted by molar-refractivity contribution is 8.01. The second-order valence-electron chi connectivity index (χ2n) is 6.55. The normalized spacial score (nSPS) is 20.0. The minimum absolute atomic E-state index is 0.172. The molecule has 2 heterocycles. The number of carbonyl (C=O) groups is 1. The first kappa shape index (κ1) is 17.5. The Bertz CT molecular complexity index is 863. The van der Waals surface area contributed by atoms with E-state index in [4.69, 9.17) is 5.73 Å². The second kappa shape index (κ2) is 7.78. The molecule has 2 atom stereocenters. The quantitative estimate of drug-likeness (QED) is 0.684. The zero-order valence-electron chi connectivity index (χ0n) is 14.4. The predicted octanol–water partition coefficient (Wildman–Crippen LogP) is 3.59. The van der Waals surface area contributed by atoms with E-state index >= 15 is 0 Å². The maximum atomic E-state index is 12.7. The lowest BCUT2D eigenvalue weighted by molar-refractivity contribution is -0.127. The molecule has 1 fully saturated rings. The summed E-state index contributed by atoms with van der Waals surface area (Å²) in [5.41, 5.74) is 8.26. The van der Waals surface area contributed by atoms with Gasteiger partial charge in [0, 0.05) is 19.0 Å². The summed E-state index contributed by atoms with van der Waals surface area (Å²) < 4.78 is 2.12. The molecule has 6 heteroatoms. The number of thiazole rings is 1. The smallest absolute Gasteiger partial charge is 0.233 e. The lowest BCUT2D eigenvalue weighted by Crippen LogP contribution is -2.31. The molecular weight excluding hydrogens is 362 g/mol. The monoisotopic (exact) mass is 383 g/mol. The SMILES string of the molecule is NC[C@@H]1CN(C(=O)CSc2nc3ccccc3s2)C[C@H]1c1ccccc1. The molecule has 134 valence electrons. The van der Waals surface area contributed by atoms with E-state index in [-0.39, 0.29) is 5.91 Å². The van der Waals surface area contributed by atoms with Crippen LogP contribution in [0.25, 0.3) is 10.2 Å². The summed E-state index contributed by atoms with van der Waals surface area (Å²) in [7, 11) is 0. The fraction of sp³-hybridized carbons (Fsp3) is 0.300. The van der Waals surface area contributed by atoms with E-state index in [1.165, 1.54) is 17.3 Å². The second-order valence-corrected chi connectivity index (χ2v) is 8.80. The number of rotatable bonds is 5. The minimum Gasteiger partial charge on any atom is -0.341 e. The number of thioether (sulfide) groups is 1. The van der Waals surface area contributed by atoms with E-state index in [1.54, 1.807) is 11.3 Å². The summed E-state index contributed by atoms with van der Waals surface area (Å²) in [6.07, 6.45) is 0. The number of likely N-dealkylation sites (tertiary alicyclic amines) is 1. The molecule has 1 aliphatic rings. The molecule has 1 saturated heterocycles. The van der Waals surface area contributed by atoms with Gasteiger partial charge >= 0.3 is 0 Å². The summed E-state index contributed by atoms with van der Waals surface area (Å²) in [6, 6.07) is 18.5. The number of hydrogen-bond acceptors (Lipinski definition) is 5. The van der Waals surface area contributed by atoms with Gasteiger partial charge in [-0.05, 0) is 30.2 Å². The summed E-state index contributed by atoms with van der Waals surface area (Å²) in [5.74, 6) is 1.26. The third kappa shape index (κ3) is 3.63. The van der Waals surface area contributed by atoms with Crippen LogP contribution >= 0.6 is 23.1 Å². The van der Waals surface area contributed by atoms with Crippen LogP contribution in [0, 0.1) is 5.92 Å². The van der Waals surface area contributed by atoms with Gasteiger partial charge in [0.05, 0.1) is 16.0 Å². The van der Waals surface area contributed by atoms with E-state index in [1.807, 2.05) is 29.2 Å². The molecule has 3 aromatic rings. The average Bonchev–Trinajstić information content (AvgIpc) is 3.30. The Morgan fingerprint density at radius 3 is 2.69 bits per heavy atom. The van der Waals surface area contributed by atoms with Crippen LogP contribution in [0.4, 0.5) is 0 Å². The Morgan fingerprint density at radius 2 is 1.92 bits per heavy atom. The van der Waals surface area contributed by atoms with Gasteiger partial charge in [0.15, 0.2) is 4.34 Å². The van der Waals surface area contributed by atoms with Crippen molar-refractivity contribution < 1.29 is 4.79 Å². The maximum absolute atomic E-state index is 12.7. The fourth-order valence-electron chi connectivity index (χ4n) is 3.52. The van der Waals surface area contributed by atoms with Crippen LogP contribution in [0.15, 0.2) is 58.9 Å². The molecular formula is C20H21N3OS2. The highest BCUT2D eigenvalue weighted by Crippen LogP contribution is 2.33. The fourth-order valence-corrected chi connectivity index (χ4v) is 5.49. The first-order valence-corrected chi connectivity index (χ1v) is 10.6. The van der Waals surface area contributed by atoms with Gasteiger partial charge < -0.3 is 10.6 Å². The van der Waals surface area contributed by atoms with Gasteiger partial charge in [0.25, 0.3) is 0 Å². The number of carbonyl (C=O) groups excluding carboxylic acids is 1. The molecule has 0 unspecified atom stereocenters. The maximum Gasteiger partial charge on any atom is 0.233 e. The van der Waals surface area contributed by atoms with E-state index in [0.717, 1.165) is 27.6 Å². The third-order valence-corrected chi connectivity index (χ3v) is 7.08. The van der Waals surface area contributed by atoms with Gasteiger partial charge in [-0.2, -0.15) is 0 Å². The third-order valence-electron chi connectivity index (χ3n) is 4.92. The molecule has 4 nitrogen and oxygen atoms in total. The molecule has 0 spiro atoms. The van der Waals surface area contributed by atoms with Crippen LogP contribution in [0.5, 0.6) is 0 Å². The van der Waals surface area contributed by atoms with Crippen LogP contribution in [0.1, 0.15) is 11.5 Å².